The smallest absolute Gasteiger partial charge is 0.380 e. The van der Waals surface area contributed by atoms with E-state index >= 15 is 0 Å². The van der Waals surface area contributed by atoms with Crippen LogP contribution < -0.4 is 5.32 Å². The van der Waals surface area contributed by atoms with Crippen LogP contribution in [0.5, 0.6) is 0 Å². The number of anilines is 1. The first-order valence-corrected chi connectivity index (χ1v) is 10.2. The van der Waals surface area contributed by atoms with Gasteiger partial charge in [0.2, 0.25) is 5.91 Å². The molecule has 0 fully saturated rings. The van der Waals surface area contributed by atoms with E-state index in [4.69, 9.17) is 0 Å². The minimum absolute atomic E-state index is 0.133. The number of aromatic nitrogens is 1. The molecule has 2 heterocycles. The third-order valence-corrected chi connectivity index (χ3v) is 5.59. The number of rotatable bonds is 5. The van der Waals surface area contributed by atoms with Crippen molar-refractivity contribution in [3.05, 3.63) is 95.8 Å². The van der Waals surface area contributed by atoms with Gasteiger partial charge in [0, 0.05) is 43.3 Å². The normalized spacial score (nSPS) is 13.4. The second kappa shape index (κ2) is 8.86. The van der Waals surface area contributed by atoms with E-state index in [-0.39, 0.29) is 5.91 Å². The second-order valence-electron chi connectivity index (χ2n) is 7.66. The Kier molecular flexibility index (Phi) is 5.99. The van der Waals surface area contributed by atoms with Crippen molar-refractivity contribution >= 4 is 11.6 Å². The van der Waals surface area contributed by atoms with Gasteiger partial charge in [-0.25, -0.2) is 0 Å². The Bertz CT molecular complexity index is 1130. The standard InChI is InChI=1S/C25H22F3N3O/c1-2-24(32)31-12-9-19-14-23(30-15-17-7-10-29-11-8-17)22(13-20(19)16-31)18-3-5-21(6-4-18)25(26,27)28/h2-8,10-11,13-14,30H,1,9,12,15-16H2. The summed E-state index contributed by atoms with van der Waals surface area (Å²) in [7, 11) is 0. The highest BCUT2D eigenvalue weighted by Crippen LogP contribution is 2.36. The van der Waals surface area contributed by atoms with Gasteiger partial charge in [-0.15, -0.1) is 0 Å². The second-order valence-corrected chi connectivity index (χ2v) is 7.66. The monoisotopic (exact) mass is 437 g/mol. The maximum atomic E-state index is 13.0. The van der Waals surface area contributed by atoms with Gasteiger partial charge in [0.1, 0.15) is 0 Å². The molecule has 1 N–H and O–H groups in total. The fourth-order valence-corrected chi connectivity index (χ4v) is 3.85. The molecule has 0 bridgehead atoms. The predicted octanol–water partition coefficient (Wildman–Crippen LogP) is 5.45. The molecule has 0 unspecified atom stereocenters. The summed E-state index contributed by atoms with van der Waals surface area (Å²) in [5, 5.41) is 3.42. The first-order chi connectivity index (χ1) is 15.3. The summed E-state index contributed by atoms with van der Waals surface area (Å²) in [6, 6.07) is 13.0. The largest absolute Gasteiger partial charge is 0.416 e. The molecule has 1 aliphatic rings. The molecule has 0 spiro atoms. The van der Waals surface area contributed by atoms with E-state index in [1.54, 1.807) is 17.3 Å². The van der Waals surface area contributed by atoms with Crippen LogP contribution in [0.15, 0.2) is 73.6 Å². The lowest BCUT2D eigenvalue weighted by atomic mass is 9.92. The Morgan fingerprint density at radius 2 is 1.81 bits per heavy atom. The van der Waals surface area contributed by atoms with Crippen molar-refractivity contribution in [2.75, 3.05) is 11.9 Å². The average molecular weight is 437 g/mol. The van der Waals surface area contributed by atoms with Crippen LogP contribution >= 0.6 is 0 Å². The van der Waals surface area contributed by atoms with Gasteiger partial charge in [0.05, 0.1) is 5.56 Å². The SMILES string of the molecule is C=CC(=O)N1CCc2cc(NCc3ccncc3)c(-c3ccc(C(F)(F)F)cc3)cc2C1. The molecule has 0 saturated carbocycles. The molecule has 4 rings (SSSR count). The van der Waals surface area contributed by atoms with E-state index in [0.717, 1.165) is 40.1 Å². The van der Waals surface area contributed by atoms with Crippen LogP contribution in [0.1, 0.15) is 22.3 Å². The highest BCUT2D eigenvalue weighted by atomic mass is 19.4. The molecule has 164 valence electrons. The van der Waals surface area contributed by atoms with Gasteiger partial charge in [-0.3, -0.25) is 9.78 Å². The first-order valence-electron chi connectivity index (χ1n) is 10.2. The highest BCUT2D eigenvalue weighted by Gasteiger charge is 2.30. The van der Waals surface area contributed by atoms with Gasteiger partial charge >= 0.3 is 6.18 Å². The summed E-state index contributed by atoms with van der Waals surface area (Å²) < 4.78 is 39.1. The van der Waals surface area contributed by atoms with Gasteiger partial charge < -0.3 is 10.2 Å². The minimum Gasteiger partial charge on any atom is -0.380 e. The number of halogens is 3. The number of nitrogens with zero attached hydrogens (tertiary/aromatic N) is 2. The van der Waals surface area contributed by atoms with Gasteiger partial charge in [-0.05, 0) is 71.1 Å². The number of carbonyl (C=O) groups is 1. The summed E-state index contributed by atoms with van der Waals surface area (Å²) in [6.45, 7) is 5.15. The minimum atomic E-state index is -4.39. The van der Waals surface area contributed by atoms with Crippen LogP contribution in [-0.2, 0) is 30.5 Å². The number of alkyl halides is 3. The molecular formula is C25H22F3N3O. The average Bonchev–Trinajstić information content (AvgIpc) is 2.81. The zero-order valence-corrected chi connectivity index (χ0v) is 17.3. The highest BCUT2D eigenvalue weighted by molar-refractivity contribution is 5.87. The van der Waals surface area contributed by atoms with Gasteiger partial charge in [0.25, 0.3) is 0 Å². The Morgan fingerprint density at radius 1 is 1.09 bits per heavy atom. The first kappa shape index (κ1) is 21.6. The van der Waals surface area contributed by atoms with Crippen molar-refractivity contribution in [3.63, 3.8) is 0 Å². The number of amides is 1. The fraction of sp³-hybridized carbons (Fsp3) is 0.200. The topological polar surface area (TPSA) is 45.2 Å². The molecule has 3 aromatic rings. The van der Waals surface area contributed by atoms with Crippen LogP contribution in [-0.4, -0.2) is 22.3 Å². The molecule has 2 aromatic carbocycles. The van der Waals surface area contributed by atoms with Crippen LogP contribution in [0.2, 0.25) is 0 Å². The van der Waals surface area contributed by atoms with Gasteiger partial charge in [-0.2, -0.15) is 13.2 Å². The molecule has 0 atom stereocenters. The van der Waals surface area contributed by atoms with Crippen LogP contribution in [0.3, 0.4) is 0 Å². The lowest BCUT2D eigenvalue weighted by Gasteiger charge is -2.29. The van der Waals surface area contributed by atoms with Gasteiger partial charge in [-0.1, -0.05) is 18.7 Å². The molecule has 0 aliphatic carbocycles. The molecule has 0 saturated heterocycles. The summed E-state index contributed by atoms with van der Waals surface area (Å²) >= 11 is 0. The summed E-state index contributed by atoms with van der Waals surface area (Å²) in [6.07, 6.45) is 1.04. The quantitative estimate of drug-likeness (QED) is 0.540. The number of carbonyl (C=O) groups excluding carboxylic acids is 1. The van der Waals surface area contributed by atoms with E-state index in [9.17, 15) is 18.0 Å². The van der Waals surface area contributed by atoms with Crippen molar-refractivity contribution in [1.29, 1.82) is 0 Å². The maximum absolute atomic E-state index is 13.0. The van der Waals surface area contributed by atoms with Gasteiger partial charge in [0.15, 0.2) is 0 Å². The number of nitrogens with one attached hydrogen (secondary N) is 1. The Hall–Kier alpha value is -3.61. The van der Waals surface area contributed by atoms with E-state index in [2.05, 4.69) is 16.9 Å². The van der Waals surface area contributed by atoms with E-state index < -0.39 is 11.7 Å². The molecule has 1 aliphatic heterocycles. The van der Waals surface area contributed by atoms with Crippen molar-refractivity contribution in [2.24, 2.45) is 0 Å². The number of fused-ring (bicyclic) bond motifs is 1. The van der Waals surface area contributed by atoms with Crippen molar-refractivity contribution in [2.45, 2.75) is 25.7 Å². The van der Waals surface area contributed by atoms with E-state index in [1.165, 1.54) is 18.2 Å². The Balaban J connectivity index is 1.71. The lowest BCUT2D eigenvalue weighted by molar-refractivity contribution is -0.137. The fourth-order valence-electron chi connectivity index (χ4n) is 3.85. The third-order valence-electron chi connectivity index (χ3n) is 5.59. The molecule has 0 radical (unpaired) electrons. The molecule has 32 heavy (non-hydrogen) atoms. The number of benzene rings is 2. The van der Waals surface area contributed by atoms with E-state index in [1.807, 2.05) is 24.3 Å². The number of hydrogen-bond acceptors (Lipinski definition) is 3. The van der Waals surface area contributed by atoms with Crippen LogP contribution in [0, 0.1) is 0 Å². The van der Waals surface area contributed by atoms with Crippen molar-refractivity contribution in [3.8, 4) is 11.1 Å². The predicted molar refractivity (Wildman–Crippen MR) is 118 cm³/mol. The summed E-state index contributed by atoms with van der Waals surface area (Å²) in [5.41, 5.74) is 4.75. The summed E-state index contributed by atoms with van der Waals surface area (Å²) in [5.74, 6) is -0.133. The van der Waals surface area contributed by atoms with Crippen molar-refractivity contribution < 1.29 is 18.0 Å². The van der Waals surface area contributed by atoms with Crippen molar-refractivity contribution in [1.82, 2.24) is 9.88 Å². The zero-order chi connectivity index (χ0) is 22.7. The third kappa shape index (κ3) is 4.66. The Labute approximate surface area is 184 Å². The molecule has 1 aromatic heterocycles. The van der Waals surface area contributed by atoms with Crippen LogP contribution in [0.4, 0.5) is 18.9 Å². The maximum Gasteiger partial charge on any atom is 0.416 e. The lowest BCUT2D eigenvalue weighted by Crippen LogP contribution is -2.34. The summed E-state index contributed by atoms with van der Waals surface area (Å²) in [4.78, 5) is 17.8. The number of pyridine rings is 1. The molecule has 7 heteroatoms. The Morgan fingerprint density at radius 3 is 2.47 bits per heavy atom. The molecule has 1 amide bonds. The van der Waals surface area contributed by atoms with E-state index in [0.29, 0.717) is 31.6 Å². The number of hydrogen-bond donors (Lipinski definition) is 1. The van der Waals surface area contributed by atoms with Crippen LogP contribution in [0.25, 0.3) is 11.1 Å². The zero-order valence-electron chi connectivity index (χ0n) is 17.3. The molecular weight excluding hydrogens is 415 g/mol. The molecule has 4 nitrogen and oxygen atoms in total.